The maximum atomic E-state index is 5.74. The van der Waals surface area contributed by atoms with Gasteiger partial charge in [-0.1, -0.05) is 12.2 Å². The topological polar surface area (TPSA) is 69.4 Å². The zero-order valence-corrected chi connectivity index (χ0v) is 12.7. The summed E-state index contributed by atoms with van der Waals surface area (Å²) in [4.78, 5) is 4.42. The Kier molecular flexibility index (Phi) is 4.94. The van der Waals surface area contributed by atoms with Gasteiger partial charge in [-0.2, -0.15) is 0 Å². The number of thiocarbonyl (C=S) groups is 1. The summed E-state index contributed by atoms with van der Waals surface area (Å²) in [5.74, 6) is 1.32. The molecule has 0 aliphatic heterocycles. The molecule has 0 fully saturated rings. The molecule has 3 N–H and O–H groups in total. The second-order valence-electron chi connectivity index (χ2n) is 4.34. The lowest BCUT2D eigenvalue weighted by atomic mass is 10.1. The summed E-state index contributed by atoms with van der Waals surface area (Å²) in [6.45, 7) is 0.599. The average Bonchev–Trinajstić information content (AvgIpc) is 2.52. The van der Waals surface area contributed by atoms with E-state index in [1.165, 1.54) is 0 Å². The highest BCUT2D eigenvalue weighted by atomic mass is 32.1. The minimum Gasteiger partial charge on any atom is -0.497 e. The van der Waals surface area contributed by atoms with E-state index in [9.17, 15) is 0 Å². The number of ether oxygens (including phenoxy) is 2. The van der Waals surface area contributed by atoms with Crippen LogP contribution in [0.1, 0.15) is 11.1 Å². The van der Waals surface area contributed by atoms with Crippen LogP contribution in [-0.4, -0.2) is 24.2 Å². The first-order chi connectivity index (χ1) is 10.1. The van der Waals surface area contributed by atoms with Crippen LogP contribution in [0.15, 0.2) is 36.5 Å². The predicted octanol–water partition coefficient (Wildman–Crippen LogP) is 2.35. The standard InChI is InChI=1S/C15H17N3O2S/c1-19-11-3-4-12(15(16)21)13(8-11)18-9-10-5-6-17-14(7-10)20-2/h3-8,18H,9H2,1-2H3,(H2,16,21). The molecule has 110 valence electrons. The van der Waals surface area contributed by atoms with Gasteiger partial charge in [-0.15, -0.1) is 0 Å². The number of aromatic nitrogens is 1. The van der Waals surface area contributed by atoms with Crippen molar-refractivity contribution in [1.29, 1.82) is 0 Å². The number of benzene rings is 1. The number of pyridine rings is 1. The molecule has 1 heterocycles. The SMILES string of the molecule is COc1ccc(C(N)=S)c(NCc2ccnc(OC)c2)c1. The van der Waals surface area contributed by atoms with Gasteiger partial charge >= 0.3 is 0 Å². The van der Waals surface area contributed by atoms with Gasteiger partial charge in [0.2, 0.25) is 5.88 Å². The predicted molar refractivity (Wildman–Crippen MR) is 87.0 cm³/mol. The lowest BCUT2D eigenvalue weighted by molar-refractivity contribution is 0.397. The monoisotopic (exact) mass is 303 g/mol. The van der Waals surface area contributed by atoms with Crippen LogP contribution in [0.3, 0.4) is 0 Å². The third kappa shape index (κ3) is 3.82. The van der Waals surface area contributed by atoms with E-state index < -0.39 is 0 Å². The van der Waals surface area contributed by atoms with E-state index in [-0.39, 0.29) is 0 Å². The number of rotatable bonds is 6. The van der Waals surface area contributed by atoms with Crippen molar-refractivity contribution in [3.8, 4) is 11.6 Å². The van der Waals surface area contributed by atoms with E-state index in [1.807, 2.05) is 30.3 Å². The maximum Gasteiger partial charge on any atom is 0.213 e. The van der Waals surface area contributed by atoms with Crippen molar-refractivity contribution in [2.75, 3.05) is 19.5 Å². The van der Waals surface area contributed by atoms with Gasteiger partial charge in [0.1, 0.15) is 10.7 Å². The minimum atomic E-state index is 0.340. The highest BCUT2D eigenvalue weighted by molar-refractivity contribution is 7.80. The fourth-order valence-corrected chi connectivity index (χ4v) is 2.06. The van der Waals surface area contributed by atoms with E-state index in [0.717, 1.165) is 22.6 Å². The largest absolute Gasteiger partial charge is 0.497 e. The lowest BCUT2D eigenvalue weighted by Crippen LogP contribution is -2.13. The number of hydrogen-bond acceptors (Lipinski definition) is 5. The van der Waals surface area contributed by atoms with Crippen LogP contribution in [0.2, 0.25) is 0 Å². The Morgan fingerprint density at radius 3 is 2.71 bits per heavy atom. The fraction of sp³-hybridized carbons (Fsp3) is 0.200. The number of nitrogens with two attached hydrogens (primary N) is 1. The van der Waals surface area contributed by atoms with Crippen molar-refractivity contribution in [1.82, 2.24) is 4.98 Å². The van der Waals surface area contributed by atoms with E-state index in [0.29, 0.717) is 17.4 Å². The molecule has 0 aliphatic rings. The van der Waals surface area contributed by atoms with Gasteiger partial charge < -0.3 is 20.5 Å². The lowest BCUT2D eigenvalue weighted by Gasteiger charge is -2.13. The van der Waals surface area contributed by atoms with E-state index >= 15 is 0 Å². The Labute approximate surface area is 129 Å². The Hall–Kier alpha value is -2.34. The molecule has 0 bridgehead atoms. The molecule has 0 amide bonds. The van der Waals surface area contributed by atoms with E-state index in [2.05, 4.69) is 10.3 Å². The summed E-state index contributed by atoms with van der Waals surface area (Å²) in [6.07, 6.45) is 1.70. The minimum absolute atomic E-state index is 0.340. The highest BCUT2D eigenvalue weighted by Gasteiger charge is 2.07. The van der Waals surface area contributed by atoms with Crippen molar-refractivity contribution in [3.05, 3.63) is 47.7 Å². The van der Waals surface area contributed by atoms with Crippen molar-refractivity contribution in [2.24, 2.45) is 5.73 Å². The molecule has 0 atom stereocenters. The average molecular weight is 303 g/mol. The van der Waals surface area contributed by atoms with Crippen molar-refractivity contribution in [2.45, 2.75) is 6.54 Å². The summed E-state index contributed by atoms with van der Waals surface area (Å²) in [5.41, 5.74) is 8.40. The van der Waals surface area contributed by atoms with Crippen LogP contribution >= 0.6 is 12.2 Å². The molecule has 1 aromatic carbocycles. The number of nitrogens with one attached hydrogen (secondary N) is 1. The molecular formula is C15H17N3O2S. The summed E-state index contributed by atoms with van der Waals surface area (Å²) in [7, 11) is 3.21. The third-order valence-corrected chi connectivity index (χ3v) is 3.20. The Morgan fingerprint density at radius 2 is 2.05 bits per heavy atom. The van der Waals surface area contributed by atoms with Gasteiger partial charge in [-0.25, -0.2) is 4.98 Å². The smallest absolute Gasteiger partial charge is 0.213 e. The number of methoxy groups -OCH3 is 2. The first kappa shape index (κ1) is 15.1. The first-order valence-electron chi connectivity index (χ1n) is 6.34. The quantitative estimate of drug-likeness (QED) is 0.798. The van der Waals surface area contributed by atoms with Gasteiger partial charge in [0.05, 0.1) is 14.2 Å². The molecule has 0 saturated carbocycles. The molecular weight excluding hydrogens is 286 g/mol. The summed E-state index contributed by atoms with van der Waals surface area (Å²) in [5, 5.41) is 3.31. The second kappa shape index (κ2) is 6.90. The molecule has 0 saturated heterocycles. The van der Waals surface area contributed by atoms with Crippen LogP contribution in [0.4, 0.5) is 5.69 Å². The fourth-order valence-electron chi connectivity index (χ4n) is 1.88. The third-order valence-electron chi connectivity index (χ3n) is 2.98. The number of hydrogen-bond donors (Lipinski definition) is 2. The molecule has 2 rings (SSSR count). The van der Waals surface area contributed by atoms with Gasteiger partial charge in [-0.05, 0) is 23.8 Å². The van der Waals surface area contributed by atoms with Crippen LogP contribution in [0.5, 0.6) is 11.6 Å². The summed E-state index contributed by atoms with van der Waals surface area (Å²) < 4.78 is 10.3. The van der Waals surface area contributed by atoms with Crippen LogP contribution in [-0.2, 0) is 6.54 Å². The van der Waals surface area contributed by atoms with Crippen molar-refractivity contribution in [3.63, 3.8) is 0 Å². The molecule has 1 aromatic heterocycles. The Morgan fingerprint density at radius 1 is 1.24 bits per heavy atom. The molecule has 0 radical (unpaired) electrons. The number of anilines is 1. The summed E-state index contributed by atoms with van der Waals surface area (Å²) >= 11 is 5.07. The maximum absolute atomic E-state index is 5.74. The zero-order chi connectivity index (χ0) is 15.2. The molecule has 0 aliphatic carbocycles. The normalized spacial score (nSPS) is 10.0. The summed E-state index contributed by atoms with van der Waals surface area (Å²) in [6, 6.07) is 9.32. The molecule has 21 heavy (non-hydrogen) atoms. The Balaban J connectivity index is 2.19. The van der Waals surface area contributed by atoms with Gasteiger partial charge in [0.25, 0.3) is 0 Å². The van der Waals surface area contributed by atoms with Crippen molar-refractivity contribution < 1.29 is 9.47 Å². The van der Waals surface area contributed by atoms with E-state index in [1.54, 1.807) is 20.4 Å². The number of nitrogens with zero attached hydrogens (tertiary/aromatic N) is 1. The molecule has 6 heteroatoms. The van der Waals surface area contributed by atoms with Crippen LogP contribution in [0.25, 0.3) is 0 Å². The van der Waals surface area contributed by atoms with Gasteiger partial charge in [0, 0.05) is 36.1 Å². The first-order valence-corrected chi connectivity index (χ1v) is 6.75. The van der Waals surface area contributed by atoms with Gasteiger partial charge in [-0.3, -0.25) is 0 Å². The molecule has 0 unspecified atom stereocenters. The van der Waals surface area contributed by atoms with E-state index in [4.69, 9.17) is 27.4 Å². The highest BCUT2D eigenvalue weighted by Crippen LogP contribution is 2.23. The van der Waals surface area contributed by atoms with Crippen LogP contribution < -0.4 is 20.5 Å². The second-order valence-corrected chi connectivity index (χ2v) is 4.78. The van der Waals surface area contributed by atoms with Crippen LogP contribution in [0, 0.1) is 0 Å². The molecule has 5 nitrogen and oxygen atoms in total. The molecule has 0 spiro atoms. The van der Waals surface area contributed by atoms with Crippen molar-refractivity contribution >= 4 is 22.9 Å². The molecule has 2 aromatic rings. The Bertz CT molecular complexity index is 647. The zero-order valence-electron chi connectivity index (χ0n) is 11.9. The van der Waals surface area contributed by atoms with Gasteiger partial charge in [0.15, 0.2) is 0 Å².